The van der Waals surface area contributed by atoms with Gasteiger partial charge in [-0.05, 0) is 13.8 Å². The molecule has 0 aliphatic heterocycles. The monoisotopic (exact) mass is 105 g/mol. The van der Waals surface area contributed by atoms with Crippen molar-refractivity contribution in [3.8, 4) is 0 Å². The molecule has 0 bridgehead atoms. The van der Waals surface area contributed by atoms with Gasteiger partial charge in [0.05, 0.1) is 5.17 Å². The maximum atomic E-state index is 5.33. The second-order valence-corrected chi connectivity index (χ2v) is 1.52. The summed E-state index contributed by atoms with van der Waals surface area (Å²) >= 11 is 5.33. The van der Waals surface area contributed by atoms with Crippen LogP contribution in [-0.2, 0) is 0 Å². The minimum Gasteiger partial charge on any atom is -0.278 e. The average Bonchev–Trinajstić information content (AvgIpc) is 1.35. The highest BCUT2D eigenvalue weighted by Gasteiger charge is 1.71. The lowest BCUT2D eigenvalue weighted by molar-refractivity contribution is 1.13. The van der Waals surface area contributed by atoms with Gasteiger partial charge in [0.15, 0.2) is 0 Å². The number of halogens is 1. The molecule has 0 N–H and O–H groups in total. The lowest BCUT2D eigenvalue weighted by Gasteiger charge is -1.78. The number of rotatable bonds is 1. The molecule has 0 saturated carbocycles. The molecule has 0 atom stereocenters. The average molecular weight is 106 g/mol. The van der Waals surface area contributed by atoms with Crippen molar-refractivity contribution in [1.29, 1.82) is 0 Å². The van der Waals surface area contributed by atoms with Gasteiger partial charge < -0.3 is 0 Å². The first-order valence-corrected chi connectivity index (χ1v) is 2.31. The first kappa shape index (κ1) is 5.96. The summed E-state index contributed by atoms with van der Waals surface area (Å²) in [4.78, 5) is 3.81. The molecule has 0 aromatic rings. The lowest BCUT2D eigenvalue weighted by Crippen LogP contribution is -1.75. The molecule has 0 radical (unpaired) electrons. The Morgan fingerprint density at radius 2 is 2.33 bits per heavy atom. The number of hydrogen-bond acceptors (Lipinski definition) is 1. The van der Waals surface area contributed by atoms with Gasteiger partial charge in [-0.1, -0.05) is 11.6 Å². The van der Waals surface area contributed by atoms with Crippen LogP contribution in [0.5, 0.6) is 0 Å². The van der Waals surface area contributed by atoms with Crippen LogP contribution >= 0.6 is 11.6 Å². The van der Waals surface area contributed by atoms with Crippen molar-refractivity contribution in [3.63, 3.8) is 0 Å². The van der Waals surface area contributed by atoms with E-state index in [0.717, 1.165) is 6.54 Å². The quantitative estimate of drug-likeness (QED) is 0.450. The van der Waals surface area contributed by atoms with E-state index in [2.05, 4.69) is 4.99 Å². The molecule has 36 valence electrons. The van der Waals surface area contributed by atoms with Crippen LogP contribution < -0.4 is 0 Å². The Bertz CT molecular complexity index is 54.6. The van der Waals surface area contributed by atoms with Crippen molar-refractivity contribution >= 4 is 16.8 Å². The second-order valence-electron chi connectivity index (χ2n) is 0.971. The number of aliphatic imine (C=N–C) groups is 1. The van der Waals surface area contributed by atoms with Crippen LogP contribution in [0.1, 0.15) is 13.8 Å². The molecule has 1 nitrogen and oxygen atoms in total. The molecule has 0 aromatic heterocycles. The van der Waals surface area contributed by atoms with Gasteiger partial charge in [0.25, 0.3) is 0 Å². The molecule has 0 aromatic carbocycles. The van der Waals surface area contributed by atoms with Crippen LogP contribution in [0, 0.1) is 0 Å². The minimum atomic E-state index is 0.637. The highest BCUT2D eigenvalue weighted by atomic mass is 35.5. The summed E-state index contributed by atoms with van der Waals surface area (Å²) in [7, 11) is 0. The van der Waals surface area contributed by atoms with Gasteiger partial charge in [0.2, 0.25) is 0 Å². The standard InChI is InChI=1S/C4H8ClN/c1-3-6-4(2)5/h3H2,1-2H3/b6-4-. The third-order valence-corrected chi connectivity index (χ3v) is 0.496. The van der Waals surface area contributed by atoms with Crippen LogP contribution in [0.2, 0.25) is 0 Å². The van der Waals surface area contributed by atoms with Crippen molar-refractivity contribution in [2.45, 2.75) is 13.8 Å². The molecule has 0 unspecified atom stereocenters. The Labute approximate surface area is 43.0 Å². The molecule has 0 spiro atoms. The van der Waals surface area contributed by atoms with E-state index in [1.165, 1.54) is 0 Å². The third-order valence-electron chi connectivity index (χ3n) is 0.376. The van der Waals surface area contributed by atoms with Gasteiger partial charge in [0.1, 0.15) is 0 Å². The Morgan fingerprint density at radius 3 is 2.33 bits per heavy atom. The molecular weight excluding hydrogens is 97.5 g/mol. The maximum absolute atomic E-state index is 5.33. The Hall–Kier alpha value is -0.0400. The van der Waals surface area contributed by atoms with E-state index in [0.29, 0.717) is 5.17 Å². The highest BCUT2D eigenvalue weighted by Crippen LogP contribution is 1.80. The summed E-state index contributed by atoms with van der Waals surface area (Å²) < 4.78 is 0. The van der Waals surface area contributed by atoms with Crippen LogP contribution in [0.3, 0.4) is 0 Å². The molecule has 2 heteroatoms. The fraction of sp³-hybridized carbons (Fsp3) is 0.750. The number of nitrogens with zero attached hydrogens (tertiary/aromatic N) is 1. The normalized spacial score (nSPS) is 12.2. The van der Waals surface area contributed by atoms with E-state index in [1.807, 2.05) is 6.92 Å². The van der Waals surface area contributed by atoms with Crippen molar-refractivity contribution in [2.24, 2.45) is 4.99 Å². The molecule has 0 rings (SSSR count). The lowest BCUT2D eigenvalue weighted by atomic mass is 10.7. The number of hydrogen-bond donors (Lipinski definition) is 0. The van der Waals surface area contributed by atoms with Gasteiger partial charge in [-0.15, -0.1) is 0 Å². The molecule has 0 fully saturated rings. The van der Waals surface area contributed by atoms with Crippen molar-refractivity contribution in [1.82, 2.24) is 0 Å². The van der Waals surface area contributed by atoms with Gasteiger partial charge >= 0.3 is 0 Å². The summed E-state index contributed by atoms with van der Waals surface area (Å²) in [5.41, 5.74) is 0. The van der Waals surface area contributed by atoms with E-state index in [4.69, 9.17) is 11.6 Å². The van der Waals surface area contributed by atoms with E-state index in [9.17, 15) is 0 Å². The van der Waals surface area contributed by atoms with E-state index >= 15 is 0 Å². The van der Waals surface area contributed by atoms with Gasteiger partial charge in [-0.3, -0.25) is 4.99 Å². The smallest absolute Gasteiger partial charge is 0.0971 e. The first-order valence-electron chi connectivity index (χ1n) is 1.94. The molecular formula is C4H8ClN. The fourth-order valence-electron chi connectivity index (χ4n) is 0.218. The van der Waals surface area contributed by atoms with Crippen LogP contribution in [-0.4, -0.2) is 11.7 Å². The molecule has 0 amide bonds. The predicted octanol–water partition coefficient (Wildman–Crippen LogP) is 1.66. The molecule has 6 heavy (non-hydrogen) atoms. The van der Waals surface area contributed by atoms with E-state index in [1.54, 1.807) is 6.92 Å². The van der Waals surface area contributed by atoms with Gasteiger partial charge in [-0.2, -0.15) is 0 Å². The SMILES string of the molecule is CC/N=C(/C)Cl. The zero-order chi connectivity index (χ0) is 4.99. The molecule has 0 aliphatic carbocycles. The van der Waals surface area contributed by atoms with Crippen molar-refractivity contribution in [3.05, 3.63) is 0 Å². The highest BCUT2D eigenvalue weighted by molar-refractivity contribution is 6.64. The second kappa shape index (κ2) is 3.16. The molecule has 0 heterocycles. The zero-order valence-electron chi connectivity index (χ0n) is 4.03. The summed E-state index contributed by atoms with van der Waals surface area (Å²) in [5.74, 6) is 0. The summed E-state index contributed by atoms with van der Waals surface area (Å²) in [6, 6.07) is 0. The van der Waals surface area contributed by atoms with Crippen LogP contribution in [0.4, 0.5) is 0 Å². The Balaban J connectivity index is 3.14. The van der Waals surface area contributed by atoms with Crippen LogP contribution in [0.15, 0.2) is 4.99 Å². The fourth-order valence-corrected chi connectivity index (χ4v) is 0.337. The summed E-state index contributed by atoms with van der Waals surface area (Å²) in [6.07, 6.45) is 0. The summed E-state index contributed by atoms with van der Waals surface area (Å²) in [6.45, 7) is 4.51. The molecule has 0 aliphatic rings. The zero-order valence-corrected chi connectivity index (χ0v) is 4.79. The van der Waals surface area contributed by atoms with Crippen molar-refractivity contribution in [2.75, 3.05) is 6.54 Å². The Kier molecular flexibility index (Phi) is 3.14. The van der Waals surface area contributed by atoms with Gasteiger partial charge in [0, 0.05) is 6.54 Å². The first-order chi connectivity index (χ1) is 2.77. The van der Waals surface area contributed by atoms with Crippen molar-refractivity contribution < 1.29 is 0 Å². The topological polar surface area (TPSA) is 12.4 Å². The molecule has 0 saturated heterocycles. The maximum Gasteiger partial charge on any atom is 0.0971 e. The third kappa shape index (κ3) is 3.96. The van der Waals surface area contributed by atoms with Crippen LogP contribution in [0.25, 0.3) is 0 Å². The minimum absolute atomic E-state index is 0.637. The largest absolute Gasteiger partial charge is 0.278 e. The van der Waals surface area contributed by atoms with Gasteiger partial charge in [-0.25, -0.2) is 0 Å². The summed E-state index contributed by atoms with van der Waals surface area (Å²) in [5, 5.41) is 0.637. The van der Waals surface area contributed by atoms with E-state index in [-0.39, 0.29) is 0 Å². The predicted molar refractivity (Wildman–Crippen MR) is 29.5 cm³/mol. The van der Waals surface area contributed by atoms with E-state index < -0.39 is 0 Å². The Morgan fingerprint density at radius 1 is 1.83 bits per heavy atom.